The van der Waals surface area contributed by atoms with E-state index in [0.29, 0.717) is 18.8 Å². The fourth-order valence-electron chi connectivity index (χ4n) is 1.83. The Morgan fingerprint density at radius 3 is 2.63 bits per heavy atom. The zero-order chi connectivity index (χ0) is 14.5. The fraction of sp³-hybridized carbons (Fsp3) is 0.500. The zero-order valence-electron chi connectivity index (χ0n) is 11.5. The highest BCUT2D eigenvalue weighted by molar-refractivity contribution is 7.89. The number of sulfonamides is 1. The number of anilines is 1. The normalized spacial score (nSPS) is 13.3. The van der Waals surface area contributed by atoms with Gasteiger partial charge < -0.3 is 15.4 Å². The van der Waals surface area contributed by atoms with Gasteiger partial charge in [-0.15, -0.1) is 0 Å². The van der Waals surface area contributed by atoms with E-state index >= 15 is 0 Å². The Labute approximate surface area is 114 Å². The van der Waals surface area contributed by atoms with Crippen molar-refractivity contribution in [3.63, 3.8) is 0 Å². The molecule has 7 heteroatoms. The summed E-state index contributed by atoms with van der Waals surface area (Å²) >= 11 is 0. The fourth-order valence-corrected chi connectivity index (χ4v) is 2.80. The van der Waals surface area contributed by atoms with Crippen LogP contribution in [0.1, 0.15) is 0 Å². The lowest BCUT2D eigenvalue weighted by molar-refractivity contribution is 0.181. The summed E-state index contributed by atoms with van der Waals surface area (Å²) in [5.41, 5.74) is 6.50. The predicted molar refractivity (Wildman–Crippen MR) is 75.8 cm³/mol. The Balaban J connectivity index is 3.01. The summed E-state index contributed by atoms with van der Waals surface area (Å²) in [6, 6.07) is 6.63. The number of methoxy groups -OCH3 is 1. The molecule has 1 aromatic carbocycles. The molecule has 0 heterocycles. The lowest BCUT2D eigenvalue weighted by atomic mass is 10.2. The largest absolute Gasteiger partial charge is 0.383 e. The van der Waals surface area contributed by atoms with Gasteiger partial charge in [0.05, 0.1) is 12.3 Å². The van der Waals surface area contributed by atoms with Crippen LogP contribution in [0.5, 0.6) is 0 Å². The molecular formula is C12H21N3O3S. The third-order valence-electron chi connectivity index (χ3n) is 2.72. The topological polar surface area (TPSA) is 84.7 Å². The van der Waals surface area contributed by atoms with Crippen molar-refractivity contribution < 1.29 is 13.2 Å². The highest BCUT2D eigenvalue weighted by Gasteiger charge is 2.19. The van der Waals surface area contributed by atoms with Crippen LogP contribution in [0.25, 0.3) is 0 Å². The minimum absolute atomic E-state index is 0.180. The Hall–Kier alpha value is -1.15. The molecule has 0 saturated heterocycles. The van der Waals surface area contributed by atoms with Crippen molar-refractivity contribution >= 4 is 15.7 Å². The molecule has 0 aliphatic carbocycles. The van der Waals surface area contributed by atoms with Crippen LogP contribution in [-0.4, -0.2) is 48.8 Å². The Kier molecular flexibility index (Phi) is 5.74. The van der Waals surface area contributed by atoms with Gasteiger partial charge in [0, 0.05) is 26.7 Å². The van der Waals surface area contributed by atoms with E-state index in [1.807, 2.05) is 4.90 Å². The average Bonchev–Trinajstić information content (AvgIpc) is 2.39. The van der Waals surface area contributed by atoms with Crippen molar-refractivity contribution in [3.8, 4) is 0 Å². The first kappa shape index (κ1) is 15.9. The van der Waals surface area contributed by atoms with Crippen molar-refractivity contribution in [2.24, 2.45) is 5.73 Å². The first-order valence-corrected chi connectivity index (χ1v) is 7.39. The summed E-state index contributed by atoms with van der Waals surface area (Å²) in [6.07, 6.45) is 0. The second-order valence-electron chi connectivity index (χ2n) is 4.27. The molecule has 0 aliphatic heterocycles. The Bertz CT molecular complexity index is 505. The molecule has 0 saturated carbocycles. The molecule has 0 bridgehead atoms. The molecule has 0 radical (unpaired) electrons. The molecule has 108 valence electrons. The van der Waals surface area contributed by atoms with E-state index in [1.54, 1.807) is 38.4 Å². The molecule has 0 spiro atoms. The highest BCUT2D eigenvalue weighted by atomic mass is 32.2. The molecule has 1 atom stereocenters. The van der Waals surface area contributed by atoms with E-state index in [0.717, 1.165) is 0 Å². The third kappa shape index (κ3) is 4.17. The lowest BCUT2D eigenvalue weighted by Crippen LogP contribution is -2.39. The van der Waals surface area contributed by atoms with E-state index in [-0.39, 0.29) is 10.9 Å². The maximum atomic E-state index is 11.9. The Morgan fingerprint density at radius 1 is 1.42 bits per heavy atom. The van der Waals surface area contributed by atoms with Gasteiger partial charge in [0.15, 0.2) is 0 Å². The number of likely N-dealkylation sites (N-methyl/N-ethyl adjacent to an activating group) is 1. The number of hydrogen-bond donors (Lipinski definition) is 2. The number of nitrogens with zero attached hydrogens (tertiary/aromatic N) is 1. The molecule has 0 aliphatic rings. The lowest BCUT2D eigenvalue weighted by Gasteiger charge is -2.25. The number of para-hydroxylation sites is 1. The van der Waals surface area contributed by atoms with E-state index in [2.05, 4.69) is 4.72 Å². The molecule has 19 heavy (non-hydrogen) atoms. The summed E-state index contributed by atoms with van der Waals surface area (Å²) in [7, 11) is 1.29. The summed E-state index contributed by atoms with van der Waals surface area (Å²) in [4.78, 5) is 2.05. The molecule has 1 unspecified atom stereocenters. The number of nitrogens with two attached hydrogens (primary N) is 1. The van der Waals surface area contributed by atoms with Gasteiger partial charge in [-0.05, 0) is 19.2 Å². The highest BCUT2D eigenvalue weighted by Crippen LogP contribution is 2.23. The monoisotopic (exact) mass is 287 g/mol. The first-order valence-electron chi connectivity index (χ1n) is 5.90. The van der Waals surface area contributed by atoms with Crippen LogP contribution >= 0.6 is 0 Å². The minimum atomic E-state index is -3.49. The van der Waals surface area contributed by atoms with Crippen LogP contribution < -0.4 is 15.4 Å². The first-order chi connectivity index (χ1) is 8.92. The van der Waals surface area contributed by atoms with E-state index in [1.165, 1.54) is 7.05 Å². The van der Waals surface area contributed by atoms with Crippen LogP contribution in [0.2, 0.25) is 0 Å². The maximum Gasteiger partial charge on any atom is 0.242 e. The number of nitrogens with one attached hydrogen (secondary N) is 1. The Morgan fingerprint density at radius 2 is 2.05 bits per heavy atom. The SMILES string of the molecule is CNS(=O)(=O)c1ccccc1N(C)CC(N)COC. The van der Waals surface area contributed by atoms with Crippen LogP contribution in [0, 0.1) is 0 Å². The predicted octanol–water partition coefficient (Wildman–Crippen LogP) is 0.00460. The number of hydrogen-bond acceptors (Lipinski definition) is 5. The summed E-state index contributed by atoms with van der Waals surface area (Å²) in [5, 5.41) is 0. The number of benzene rings is 1. The van der Waals surface area contributed by atoms with Crippen molar-refractivity contribution in [2.75, 3.05) is 39.3 Å². The van der Waals surface area contributed by atoms with Crippen molar-refractivity contribution in [1.29, 1.82) is 0 Å². The van der Waals surface area contributed by atoms with Gasteiger partial charge in [-0.1, -0.05) is 12.1 Å². The average molecular weight is 287 g/mol. The molecule has 1 aromatic rings. The van der Waals surface area contributed by atoms with Crippen LogP contribution in [0.4, 0.5) is 5.69 Å². The number of rotatable bonds is 7. The summed E-state index contributed by atoms with van der Waals surface area (Å²) in [6.45, 7) is 0.926. The molecule has 6 nitrogen and oxygen atoms in total. The molecule has 1 rings (SSSR count). The molecular weight excluding hydrogens is 266 g/mol. The molecule has 3 N–H and O–H groups in total. The van der Waals surface area contributed by atoms with E-state index in [9.17, 15) is 8.42 Å². The molecule has 0 fully saturated rings. The quantitative estimate of drug-likeness (QED) is 0.737. The van der Waals surface area contributed by atoms with E-state index < -0.39 is 10.0 Å². The molecule has 0 aromatic heterocycles. The van der Waals surface area contributed by atoms with Gasteiger partial charge in [-0.2, -0.15) is 0 Å². The van der Waals surface area contributed by atoms with Gasteiger partial charge >= 0.3 is 0 Å². The zero-order valence-corrected chi connectivity index (χ0v) is 12.3. The third-order valence-corrected chi connectivity index (χ3v) is 4.19. The van der Waals surface area contributed by atoms with Crippen LogP contribution in [0.15, 0.2) is 29.2 Å². The van der Waals surface area contributed by atoms with Crippen molar-refractivity contribution in [3.05, 3.63) is 24.3 Å². The van der Waals surface area contributed by atoms with Gasteiger partial charge in [0.25, 0.3) is 0 Å². The van der Waals surface area contributed by atoms with Crippen molar-refractivity contribution in [2.45, 2.75) is 10.9 Å². The second-order valence-corrected chi connectivity index (χ2v) is 6.13. The smallest absolute Gasteiger partial charge is 0.242 e. The van der Waals surface area contributed by atoms with Crippen LogP contribution in [-0.2, 0) is 14.8 Å². The van der Waals surface area contributed by atoms with Crippen LogP contribution in [0.3, 0.4) is 0 Å². The van der Waals surface area contributed by atoms with Crippen molar-refractivity contribution in [1.82, 2.24) is 4.72 Å². The molecule has 0 amide bonds. The van der Waals surface area contributed by atoms with E-state index in [4.69, 9.17) is 10.5 Å². The van der Waals surface area contributed by atoms with Gasteiger partial charge in [-0.25, -0.2) is 13.1 Å². The minimum Gasteiger partial charge on any atom is -0.383 e. The van der Waals surface area contributed by atoms with Gasteiger partial charge in [0.1, 0.15) is 4.90 Å². The summed E-state index contributed by atoms with van der Waals surface area (Å²) < 4.78 is 31.2. The summed E-state index contributed by atoms with van der Waals surface area (Å²) in [5.74, 6) is 0. The standard InChI is InChI=1S/C12H21N3O3S/c1-14-19(16,17)12-7-5-4-6-11(12)15(2)8-10(13)9-18-3/h4-7,10,14H,8-9,13H2,1-3H3. The number of ether oxygens (including phenoxy) is 1. The second kappa shape index (κ2) is 6.85. The van der Waals surface area contributed by atoms with Gasteiger partial charge in [0.2, 0.25) is 10.0 Å². The van der Waals surface area contributed by atoms with Gasteiger partial charge in [-0.3, -0.25) is 0 Å². The maximum absolute atomic E-state index is 11.9.